The molecule has 30 heavy (non-hydrogen) atoms. The number of rotatable bonds is 6. The molecule has 1 N–H and O–H groups in total. The van der Waals surface area contributed by atoms with E-state index >= 15 is 0 Å². The second kappa shape index (κ2) is 8.71. The summed E-state index contributed by atoms with van der Waals surface area (Å²) in [7, 11) is 0. The summed E-state index contributed by atoms with van der Waals surface area (Å²) in [6.45, 7) is 6.13. The van der Waals surface area contributed by atoms with E-state index in [1.165, 1.54) is 24.0 Å². The van der Waals surface area contributed by atoms with Gasteiger partial charge in [0.15, 0.2) is 6.10 Å². The smallest absolute Gasteiger partial charge is 0.261 e. The molecular formula is C26H33NO3. The molecule has 1 aliphatic heterocycles. The van der Waals surface area contributed by atoms with Crippen LogP contribution in [0.25, 0.3) is 0 Å². The maximum absolute atomic E-state index is 13.0. The van der Waals surface area contributed by atoms with E-state index in [-0.39, 0.29) is 17.6 Å². The molecule has 2 atom stereocenters. The fraction of sp³-hybridized carbons (Fsp3) is 0.500. The Hall–Kier alpha value is -2.49. The number of carbonyl (C=O) groups excluding carboxylic acids is 1. The number of para-hydroxylation sites is 1. The Bertz CT molecular complexity index is 903. The monoisotopic (exact) mass is 407 g/mol. The van der Waals surface area contributed by atoms with Crippen LogP contribution < -0.4 is 14.8 Å². The van der Waals surface area contributed by atoms with Crippen LogP contribution in [0.1, 0.15) is 75.6 Å². The Kier molecular flexibility index (Phi) is 6.03. The molecular weight excluding hydrogens is 374 g/mol. The predicted octanol–water partition coefficient (Wildman–Crippen LogP) is 5.53. The summed E-state index contributed by atoms with van der Waals surface area (Å²) in [4.78, 5) is 13.0. The van der Waals surface area contributed by atoms with Crippen LogP contribution in [-0.2, 0) is 17.6 Å². The number of fused-ring (bicyclic) bond motifs is 2. The Balaban J connectivity index is 1.47. The van der Waals surface area contributed by atoms with Gasteiger partial charge in [-0.2, -0.15) is 0 Å². The van der Waals surface area contributed by atoms with Crippen molar-refractivity contribution >= 4 is 5.91 Å². The highest BCUT2D eigenvalue weighted by Gasteiger charge is 2.39. The van der Waals surface area contributed by atoms with Crippen molar-refractivity contribution in [3.05, 3.63) is 59.2 Å². The lowest BCUT2D eigenvalue weighted by atomic mass is 9.83. The minimum Gasteiger partial charge on any atom is -0.487 e. The Morgan fingerprint density at radius 3 is 2.63 bits per heavy atom. The topological polar surface area (TPSA) is 47.6 Å². The van der Waals surface area contributed by atoms with Gasteiger partial charge in [0.05, 0.1) is 6.04 Å². The van der Waals surface area contributed by atoms with E-state index in [0.29, 0.717) is 0 Å². The average molecular weight is 408 g/mol. The molecule has 4 nitrogen and oxygen atoms in total. The number of nitrogens with one attached hydrogen (secondary N) is 1. The van der Waals surface area contributed by atoms with Crippen molar-refractivity contribution in [2.45, 2.75) is 83.5 Å². The molecule has 1 heterocycles. The van der Waals surface area contributed by atoms with E-state index in [9.17, 15) is 4.79 Å². The van der Waals surface area contributed by atoms with Crippen LogP contribution in [0.3, 0.4) is 0 Å². The van der Waals surface area contributed by atoms with Gasteiger partial charge in [0.2, 0.25) is 0 Å². The Labute approximate surface area is 180 Å². The maximum Gasteiger partial charge on any atom is 0.261 e. The summed E-state index contributed by atoms with van der Waals surface area (Å²) in [5.41, 5.74) is 3.58. The van der Waals surface area contributed by atoms with Gasteiger partial charge in [-0.15, -0.1) is 0 Å². The zero-order valence-electron chi connectivity index (χ0n) is 18.4. The molecule has 0 saturated heterocycles. The molecule has 4 heteroatoms. The van der Waals surface area contributed by atoms with E-state index < -0.39 is 6.10 Å². The van der Waals surface area contributed by atoms with Gasteiger partial charge in [-0.1, -0.05) is 38.1 Å². The SMILES string of the molecule is CCC1(CC)C[C@@H](NC(=O)[C@@H](C)Oc2ccc3c(c2)CCCC3)c2ccccc2O1. The fourth-order valence-corrected chi connectivity index (χ4v) is 4.76. The third-order valence-electron chi connectivity index (χ3n) is 6.80. The molecule has 1 aliphatic carbocycles. The van der Waals surface area contributed by atoms with Crippen LogP contribution >= 0.6 is 0 Å². The van der Waals surface area contributed by atoms with E-state index in [2.05, 4.69) is 31.3 Å². The first-order chi connectivity index (χ1) is 14.5. The summed E-state index contributed by atoms with van der Waals surface area (Å²) in [5, 5.41) is 3.24. The zero-order chi connectivity index (χ0) is 21.1. The van der Waals surface area contributed by atoms with Gasteiger partial charge in [-0.25, -0.2) is 0 Å². The van der Waals surface area contributed by atoms with Crippen molar-refractivity contribution < 1.29 is 14.3 Å². The van der Waals surface area contributed by atoms with Crippen molar-refractivity contribution in [1.82, 2.24) is 5.32 Å². The lowest BCUT2D eigenvalue weighted by Crippen LogP contribution is -2.46. The number of carbonyl (C=O) groups is 1. The number of hydrogen-bond acceptors (Lipinski definition) is 3. The number of amides is 1. The second-order valence-corrected chi connectivity index (χ2v) is 8.69. The fourth-order valence-electron chi connectivity index (χ4n) is 4.76. The van der Waals surface area contributed by atoms with Crippen LogP contribution in [0, 0.1) is 0 Å². The van der Waals surface area contributed by atoms with Crippen LogP contribution in [-0.4, -0.2) is 17.6 Å². The van der Waals surface area contributed by atoms with Crippen LogP contribution in [0.2, 0.25) is 0 Å². The molecule has 0 unspecified atom stereocenters. The van der Waals surface area contributed by atoms with E-state index in [1.54, 1.807) is 0 Å². The molecule has 0 saturated carbocycles. The predicted molar refractivity (Wildman–Crippen MR) is 119 cm³/mol. The van der Waals surface area contributed by atoms with Crippen molar-refractivity contribution in [2.24, 2.45) is 0 Å². The van der Waals surface area contributed by atoms with Gasteiger partial charge in [-0.3, -0.25) is 4.79 Å². The summed E-state index contributed by atoms with van der Waals surface area (Å²) in [6.07, 6.45) is 6.76. The number of hydrogen-bond donors (Lipinski definition) is 1. The van der Waals surface area contributed by atoms with Gasteiger partial charge in [-0.05, 0) is 74.8 Å². The first-order valence-electron chi connectivity index (χ1n) is 11.4. The van der Waals surface area contributed by atoms with Crippen molar-refractivity contribution in [1.29, 1.82) is 0 Å². The first kappa shape index (κ1) is 20.8. The highest BCUT2D eigenvalue weighted by molar-refractivity contribution is 5.81. The number of aryl methyl sites for hydroxylation is 2. The van der Waals surface area contributed by atoms with Gasteiger partial charge in [0.25, 0.3) is 5.91 Å². The minimum absolute atomic E-state index is 0.0723. The summed E-state index contributed by atoms with van der Waals surface area (Å²) in [5.74, 6) is 1.57. The molecule has 2 aromatic carbocycles. The molecule has 0 fully saturated rings. The molecule has 160 valence electrons. The van der Waals surface area contributed by atoms with Gasteiger partial charge in [0.1, 0.15) is 17.1 Å². The summed E-state index contributed by atoms with van der Waals surface area (Å²) >= 11 is 0. The zero-order valence-corrected chi connectivity index (χ0v) is 18.4. The van der Waals surface area contributed by atoms with Crippen LogP contribution in [0.15, 0.2) is 42.5 Å². The molecule has 0 spiro atoms. The van der Waals surface area contributed by atoms with Crippen molar-refractivity contribution in [3.63, 3.8) is 0 Å². The quantitative estimate of drug-likeness (QED) is 0.685. The average Bonchev–Trinajstić information content (AvgIpc) is 2.78. The van der Waals surface area contributed by atoms with Crippen molar-refractivity contribution in [2.75, 3.05) is 0 Å². The van der Waals surface area contributed by atoms with E-state index in [4.69, 9.17) is 9.47 Å². The van der Waals surface area contributed by atoms with Crippen LogP contribution in [0.4, 0.5) is 0 Å². The number of benzene rings is 2. The minimum atomic E-state index is -0.556. The molecule has 2 aliphatic rings. The largest absolute Gasteiger partial charge is 0.487 e. The Morgan fingerprint density at radius 1 is 1.13 bits per heavy atom. The third-order valence-corrected chi connectivity index (χ3v) is 6.80. The maximum atomic E-state index is 13.0. The Morgan fingerprint density at radius 2 is 1.87 bits per heavy atom. The van der Waals surface area contributed by atoms with Crippen LogP contribution in [0.5, 0.6) is 11.5 Å². The highest BCUT2D eigenvalue weighted by Crippen LogP contribution is 2.42. The van der Waals surface area contributed by atoms with Crippen molar-refractivity contribution in [3.8, 4) is 11.5 Å². The van der Waals surface area contributed by atoms with Gasteiger partial charge >= 0.3 is 0 Å². The normalized spacial score (nSPS) is 20.3. The molecule has 0 radical (unpaired) electrons. The van der Waals surface area contributed by atoms with Gasteiger partial charge in [0, 0.05) is 12.0 Å². The van der Waals surface area contributed by atoms with E-state index in [0.717, 1.165) is 49.2 Å². The lowest BCUT2D eigenvalue weighted by Gasteiger charge is -2.41. The molecule has 0 aromatic heterocycles. The first-order valence-corrected chi connectivity index (χ1v) is 11.4. The molecule has 1 amide bonds. The molecule has 4 rings (SSSR count). The highest BCUT2D eigenvalue weighted by atomic mass is 16.5. The molecule has 2 aromatic rings. The molecule has 0 bridgehead atoms. The summed E-state index contributed by atoms with van der Waals surface area (Å²) < 4.78 is 12.4. The number of ether oxygens (including phenoxy) is 2. The standard InChI is InChI=1S/C26H33NO3/c1-4-26(5-2)17-23(22-12-8-9-13-24(22)30-26)27-25(28)18(3)29-21-15-14-19-10-6-7-11-20(19)16-21/h8-9,12-16,18,23H,4-7,10-11,17H2,1-3H3,(H,27,28)/t18-,23-/m1/s1. The van der Waals surface area contributed by atoms with Gasteiger partial charge < -0.3 is 14.8 Å². The summed E-state index contributed by atoms with van der Waals surface area (Å²) in [6, 6.07) is 14.2. The lowest BCUT2D eigenvalue weighted by molar-refractivity contribution is -0.128. The third kappa shape index (κ3) is 4.19. The second-order valence-electron chi connectivity index (χ2n) is 8.69. The van der Waals surface area contributed by atoms with E-state index in [1.807, 2.05) is 37.3 Å².